The number of thiocarbonyl (C=S) groups is 1. The first-order valence-electron chi connectivity index (χ1n) is 9.15. The van der Waals surface area contributed by atoms with Crippen molar-refractivity contribution in [1.29, 1.82) is 0 Å². The van der Waals surface area contributed by atoms with Crippen LogP contribution in [0, 0.1) is 0 Å². The summed E-state index contributed by atoms with van der Waals surface area (Å²) in [6.45, 7) is 3.38. The Morgan fingerprint density at radius 1 is 1.07 bits per heavy atom. The zero-order valence-corrected chi connectivity index (χ0v) is 16.7. The zero-order valence-electron chi connectivity index (χ0n) is 15.9. The molecule has 3 N–H and O–H groups in total. The van der Waals surface area contributed by atoms with E-state index in [-0.39, 0.29) is 17.4 Å². The molecule has 2 aromatic carbocycles. The molecular weight excluding hydrogens is 374 g/mol. The Kier molecular flexibility index (Phi) is 8.42. The van der Waals surface area contributed by atoms with Crippen LogP contribution in [-0.4, -0.2) is 41.5 Å². The monoisotopic (exact) mass is 399 g/mol. The van der Waals surface area contributed by atoms with Crippen LogP contribution >= 0.6 is 12.2 Å². The summed E-state index contributed by atoms with van der Waals surface area (Å²) in [6, 6.07) is 16.8. The number of carbonyl (C=O) groups excluding carboxylic acids is 2. The van der Waals surface area contributed by atoms with Gasteiger partial charge in [0.2, 0.25) is 5.91 Å². The lowest BCUT2D eigenvalue weighted by atomic mass is 10.1. The predicted octanol–water partition coefficient (Wildman–Crippen LogP) is 2.52. The molecule has 0 atom stereocenters. The van der Waals surface area contributed by atoms with Gasteiger partial charge in [-0.3, -0.25) is 14.9 Å². The second kappa shape index (κ2) is 11.0. The smallest absolute Gasteiger partial charge is 0.257 e. The second-order valence-electron chi connectivity index (χ2n) is 6.16. The van der Waals surface area contributed by atoms with Crippen molar-refractivity contribution in [2.45, 2.75) is 19.8 Å². The summed E-state index contributed by atoms with van der Waals surface area (Å²) in [5, 5.41) is 3.01. The van der Waals surface area contributed by atoms with Crippen molar-refractivity contribution in [3.05, 3.63) is 65.7 Å². The van der Waals surface area contributed by atoms with Crippen LogP contribution in [0.1, 0.15) is 29.3 Å². The molecule has 28 heavy (non-hydrogen) atoms. The van der Waals surface area contributed by atoms with Crippen molar-refractivity contribution in [2.75, 3.05) is 19.7 Å². The molecule has 0 aromatic heterocycles. The molecule has 0 saturated carbocycles. The maximum atomic E-state index is 12.5. The summed E-state index contributed by atoms with van der Waals surface area (Å²) >= 11 is 5.40. The van der Waals surface area contributed by atoms with E-state index in [2.05, 4.69) is 5.32 Å². The molecule has 2 rings (SSSR count). The van der Waals surface area contributed by atoms with Gasteiger partial charge >= 0.3 is 0 Å². The maximum Gasteiger partial charge on any atom is 0.257 e. The van der Waals surface area contributed by atoms with Crippen molar-refractivity contribution in [2.24, 2.45) is 5.73 Å². The van der Waals surface area contributed by atoms with Crippen molar-refractivity contribution in [1.82, 2.24) is 10.2 Å². The van der Waals surface area contributed by atoms with E-state index in [1.807, 2.05) is 37.3 Å². The van der Waals surface area contributed by atoms with Crippen molar-refractivity contribution in [3.63, 3.8) is 0 Å². The number of carbonyl (C=O) groups is 2. The largest absolute Gasteiger partial charge is 0.494 e. The van der Waals surface area contributed by atoms with Gasteiger partial charge in [0.1, 0.15) is 5.75 Å². The van der Waals surface area contributed by atoms with Gasteiger partial charge < -0.3 is 15.4 Å². The van der Waals surface area contributed by atoms with Gasteiger partial charge in [-0.2, -0.15) is 0 Å². The quantitative estimate of drug-likeness (QED) is 0.633. The zero-order chi connectivity index (χ0) is 20.4. The number of hydrogen-bond acceptors (Lipinski definition) is 4. The topological polar surface area (TPSA) is 84.7 Å². The Labute approximate surface area is 170 Å². The molecule has 0 radical (unpaired) electrons. The Bertz CT molecular complexity index is 794. The summed E-state index contributed by atoms with van der Waals surface area (Å²) in [5.74, 6) is -0.0187. The van der Waals surface area contributed by atoms with Crippen molar-refractivity contribution < 1.29 is 14.3 Å². The van der Waals surface area contributed by atoms with E-state index in [0.717, 1.165) is 12.0 Å². The minimum absolute atomic E-state index is 0.161. The Hall–Kier alpha value is -2.93. The molecule has 0 aliphatic heterocycles. The van der Waals surface area contributed by atoms with Gasteiger partial charge in [-0.1, -0.05) is 30.3 Å². The highest BCUT2D eigenvalue weighted by Crippen LogP contribution is 2.12. The van der Waals surface area contributed by atoms with Crippen LogP contribution < -0.4 is 15.8 Å². The molecule has 7 heteroatoms. The fraction of sp³-hybridized carbons (Fsp3) is 0.286. The first kappa shape index (κ1) is 21.4. The van der Waals surface area contributed by atoms with Crippen LogP contribution in [0.15, 0.2) is 54.6 Å². The standard InChI is InChI=1S/C21H25N3O3S/c1-2-27-18-10-8-17(9-11-18)20(26)23-21(28)24(15-13-19(22)25)14-12-16-6-4-3-5-7-16/h3-11H,2,12-15H2,1H3,(H2,22,25)(H,23,26,28). The van der Waals surface area contributed by atoms with Crippen LogP contribution in [0.3, 0.4) is 0 Å². The number of ether oxygens (including phenoxy) is 1. The molecule has 6 nitrogen and oxygen atoms in total. The molecule has 2 amide bonds. The SMILES string of the molecule is CCOc1ccc(C(=O)NC(=S)N(CCC(N)=O)CCc2ccccc2)cc1. The third-order valence-corrected chi connectivity index (χ3v) is 4.44. The van der Waals surface area contributed by atoms with Gasteiger partial charge in [-0.25, -0.2) is 0 Å². The lowest BCUT2D eigenvalue weighted by molar-refractivity contribution is -0.118. The maximum absolute atomic E-state index is 12.5. The van der Waals surface area contributed by atoms with E-state index in [0.29, 0.717) is 31.0 Å². The minimum Gasteiger partial charge on any atom is -0.494 e. The molecule has 0 unspecified atom stereocenters. The molecule has 0 aliphatic rings. The molecule has 2 aromatic rings. The summed E-state index contributed by atoms with van der Waals surface area (Å²) in [4.78, 5) is 25.5. The summed E-state index contributed by atoms with van der Waals surface area (Å²) in [7, 11) is 0. The molecule has 0 spiro atoms. The van der Waals surface area contributed by atoms with Crippen LogP contribution in [0.2, 0.25) is 0 Å². The highest BCUT2D eigenvalue weighted by atomic mass is 32.1. The number of rotatable bonds is 9. The number of nitrogens with two attached hydrogens (primary N) is 1. The Balaban J connectivity index is 1.99. The van der Waals surface area contributed by atoms with E-state index in [9.17, 15) is 9.59 Å². The van der Waals surface area contributed by atoms with Crippen molar-refractivity contribution >= 4 is 29.1 Å². The molecule has 148 valence electrons. The number of hydrogen-bond donors (Lipinski definition) is 2. The van der Waals surface area contributed by atoms with Gasteiger partial charge in [-0.05, 0) is 55.4 Å². The normalized spacial score (nSPS) is 10.2. The fourth-order valence-electron chi connectivity index (χ4n) is 2.59. The number of nitrogens with zero attached hydrogens (tertiary/aromatic N) is 1. The van der Waals surface area contributed by atoms with Gasteiger partial charge in [-0.15, -0.1) is 0 Å². The van der Waals surface area contributed by atoms with E-state index >= 15 is 0 Å². The highest BCUT2D eigenvalue weighted by Gasteiger charge is 2.15. The third kappa shape index (κ3) is 7.00. The molecular formula is C21H25N3O3S. The number of amides is 2. The van der Waals surface area contributed by atoms with Gasteiger partial charge in [0.25, 0.3) is 5.91 Å². The van der Waals surface area contributed by atoms with Crippen LogP contribution in [0.5, 0.6) is 5.75 Å². The van der Waals surface area contributed by atoms with E-state index < -0.39 is 5.91 Å². The average molecular weight is 400 g/mol. The predicted molar refractivity (Wildman–Crippen MR) is 113 cm³/mol. The van der Waals surface area contributed by atoms with Crippen LogP contribution in [0.25, 0.3) is 0 Å². The van der Waals surface area contributed by atoms with E-state index in [1.54, 1.807) is 29.2 Å². The third-order valence-electron chi connectivity index (χ3n) is 4.08. The minimum atomic E-state index is -0.412. The Morgan fingerprint density at radius 3 is 2.36 bits per heavy atom. The van der Waals surface area contributed by atoms with Gasteiger partial charge in [0, 0.05) is 25.1 Å². The van der Waals surface area contributed by atoms with E-state index in [4.69, 9.17) is 22.7 Å². The van der Waals surface area contributed by atoms with Crippen LogP contribution in [0.4, 0.5) is 0 Å². The average Bonchev–Trinajstić information content (AvgIpc) is 2.69. The van der Waals surface area contributed by atoms with E-state index in [1.165, 1.54) is 0 Å². The summed E-state index contributed by atoms with van der Waals surface area (Å²) < 4.78 is 5.38. The number of benzene rings is 2. The molecule has 0 saturated heterocycles. The van der Waals surface area contributed by atoms with Gasteiger partial charge in [0.05, 0.1) is 6.61 Å². The molecule has 0 heterocycles. The van der Waals surface area contributed by atoms with Crippen LogP contribution in [-0.2, 0) is 11.2 Å². The highest BCUT2D eigenvalue weighted by molar-refractivity contribution is 7.80. The fourth-order valence-corrected chi connectivity index (χ4v) is 2.86. The lowest BCUT2D eigenvalue weighted by Gasteiger charge is -2.25. The summed E-state index contributed by atoms with van der Waals surface area (Å²) in [5.41, 5.74) is 6.89. The molecule has 0 bridgehead atoms. The lowest BCUT2D eigenvalue weighted by Crippen LogP contribution is -2.44. The molecule has 0 fully saturated rings. The Morgan fingerprint density at radius 2 is 1.75 bits per heavy atom. The number of nitrogens with one attached hydrogen (secondary N) is 1. The van der Waals surface area contributed by atoms with Crippen molar-refractivity contribution in [3.8, 4) is 5.75 Å². The summed E-state index contributed by atoms with van der Waals surface area (Å²) in [6.07, 6.45) is 0.895. The first-order chi connectivity index (χ1) is 13.5. The molecule has 0 aliphatic carbocycles. The first-order valence-corrected chi connectivity index (χ1v) is 9.55. The number of primary amides is 1. The van der Waals surface area contributed by atoms with Gasteiger partial charge in [0.15, 0.2) is 5.11 Å². The second-order valence-corrected chi connectivity index (χ2v) is 6.54.